The van der Waals surface area contributed by atoms with Crippen LogP contribution in [0.25, 0.3) is 0 Å². The summed E-state index contributed by atoms with van der Waals surface area (Å²) < 4.78 is 9.98. The number of hydrogen-bond donors (Lipinski definition) is 2. The highest BCUT2D eigenvalue weighted by atomic mass is 16.6. The Morgan fingerprint density at radius 2 is 1.93 bits per heavy atom. The van der Waals surface area contributed by atoms with Crippen LogP contribution in [-0.4, -0.2) is 48.7 Å². The number of unbranched alkanes of at least 4 members (excludes halogenated alkanes) is 3. The summed E-state index contributed by atoms with van der Waals surface area (Å²) in [6.45, 7) is 5.38. The Labute approximate surface area is 170 Å². The number of aliphatic hydroxyl groups is 2. The Balaban J connectivity index is 3.85. The second kappa shape index (κ2) is 18.7. The lowest BCUT2D eigenvalue weighted by molar-refractivity contribution is -0.159. The Morgan fingerprint density at radius 1 is 1.18 bits per heavy atom. The van der Waals surface area contributed by atoms with E-state index in [9.17, 15) is 9.90 Å². The fourth-order valence-corrected chi connectivity index (χ4v) is 2.64. The van der Waals surface area contributed by atoms with E-state index < -0.39 is 24.8 Å². The van der Waals surface area contributed by atoms with Gasteiger partial charge in [0.1, 0.15) is 12.7 Å². The summed E-state index contributed by atoms with van der Waals surface area (Å²) in [5.41, 5.74) is 0. The number of carbonyl (C=O) groups is 1. The van der Waals surface area contributed by atoms with Gasteiger partial charge in [-0.2, -0.15) is 0 Å². The summed E-state index contributed by atoms with van der Waals surface area (Å²) in [7, 11) is 1.43. The minimum absolute atomic E-state index is 0.239. The van der Waals surface area contributed by atoms with Crippen molar-refractivity contribution >= 4 is 5.97 Å². The van der Waals surface area contributed by atoms with E-state index in [1.165, 1.54) is 39.2 Å². The average molecular weight is 395 g/mol. The fourth-order valence-electron chi connectivity index (χ4n) is 2.64. The lowest BCUT2D eigenvalue weighted by Crippen LogP contribution is -2.29. The molecule has 0 bridgehead atoms. The van der Waals surface area contributed by atoms with Crippen molar-refractivity contribution in [3.05, 3.63) is 24.8 Å². The molecule has 0 saturated carbocycles. The van der Waals surface area contributed by atoms with E-state index in [-0.39, 0.29) is 6.61 Å². The molecule has 5 heteroatoms. The van der Waals surface area contributed by atoms with Gasteiger partial charge in [-0.3, -0.25) is 0 Å². The molecule has 0 heterocycles. The highest BCUT2D eigenvalue weighted by Crippen LogP contribution is 2.16. The Hall–Kier alpha value is -1.61. The van der Waals surface area contributed by atoms with Crippen LogP contribution in [0.2, 0.25) is 0 Å². The topological polar surface area (TPSA) is 76.0 Å². The van der Waals surface area contributed by atoms with E-state index in [1.807, 2.05) is 12.2 Å². The van der Waals surface area contributed by atoms with Gasteiger partial charge in [-0.15, -0.1) is 6.58 Å². The Morgan fingerprint density at radius 3 is 2.61 bits per heavy atom. The normalized spacial score (nSPS) is 14.1. The van der Waals surface area contributed by atoms with Gasteiger partial charge in [-0.25, -0.2) is 4.79 Å². The van der Waals surface area contributed by atoms with Crippen LogP contribution in [0.5, 0.6) is 0 Å². The molecule has 0 radical (unpaired) electrons. The lowest BCUT2D eigenvalue weighted by atomic mass is 9.97. The molecule has 3 atom stereocenters. The zero-order valence-electron chi connectivity index (χ0n) is 17.6. The van der Waals surface area contributed by atoms with Crippen molar-refractivity contribution in [1.29, 1.82) is 0 Å². The summed E-state index contributed by atoms with van der Waals surface area (Å²) in [6, 6.07) is 0. The number of hydrogen-bond acceptors (Lipinski definition) is 5. The van der Waals surface area contributed by atoms with Crippen molar-refractivity contribution in [2.75, 3.05) is 20.3 Å². The average Bonchev–Trinajstić information content (AvgIpc) is 2.70. The number of rotatable bonds is 16. The molecule has 2 N–H and O–H groups in total. The number of aliphatic hydroxyl groups excluding tert-OH is 2. The van der Waals surface area contributed by atoms with Crippen molar-refractivity contribution in [3.8, 4) is 11.8 Å². The Bertz CT molecular complexity index is 489. The second-order valence-corrected chi connectivity index (χ2v) is 7.06. The third-order valence-electron chi connectivity index (χ3n) is 4.43. The molecule has 0 aromatic carbocycles. The van der Waals surface area contributed by atoms with Crippen LogP contribution in [0.3, 0.4) is 0 Å². The largest absolute Gasteiger partial charge is 0.461 e. The van der Waals surface area contributed by atoms with Crippen LogP contribution in [0.15, 0.2) is 24.8 Å². The summed E-state index contributed by atoms with van der Waals surface area (Å²) >= 11 is 0. The van der Waals surface area contributed by atoms with Crippen molar-refractivity contribution in [1.82, 2.24) is 0 Å². The van der Waals surface area contributed by atoms with Gasteiger partial charge in [0.2, 0.25) is 0 Å². The van der Waals surface area contributed by atoms with E-state index in [1.54, 1.807) is 0 Å². The minimum Gasteiger partial charge on any atom is -0.461 e. The molecule has 0 rings (SSSR count). The maximum atomic E-state index is 11.8. The van der Waals surface area contributed by atoms with Gasteiger partial charge in [0.25, 0.3) is 0 Å². The van der Waals surface area contributed by atoms with E-state index in [0.717, 1.165) is 18.8 Å². The van der Waals surface area contributed by atoms with Gasteiger partial charge >= 0.3 is 5.97 Å². The SMILES string of the molecule is C=CCCCCC(C)CCC/C=C\C#CCCC(OC)C(=O)OCC(O)CO. The first-order valence-corrected chi connectivity index (χ1v) is 10.3. The van der Waals surface area contributed by atoms with Crippen molar-refractivity contribution in [2.24, 2.45) is 5.92 Å². The van der Waals surface area contributed by atoms with Gasteiger partial charge in [-0.05, 0) is 44.1 Å². The molecule has 0 aliphatic carbocycles. The molecule has 0 aliphatic rings. The zero-order valence-corrected chi connectivity index (χ0v) is 17.6. The number of allylic oxidation sites excluding steroid dienone is 3. The maximum Gasteiger partial charge on any atom is 0.335 e. The lowest BCUT2D eigenvalue weighted by Gasteiger charge is -2.14. The summed E-state index contributed by atoms with van der Waals surface area (Å²) in [4.78, 5) is 11.8. The predicted molar refractivity (Wildman–Crippen MR) is 113 cm³/mol. The summed E-state index contributed by atoms with van der Waals surface area (Å²) in [5, 5.41) is 17.9. The second-order valence-electron chi connectivity index (χ2n) is 7.06. The number of esters is 1. The maximum absolute atomic E-state index is 11.8. The quantitative estimate of drug-likeness (QED) is 0.180. The molecule has 3 unspecified atom stereocenters. The molecule has 160 valence electrons. The zero-order chi connectivity index (χ0) is 21.0. The first-order valence-electron chi connectivity index (χ1n) is 10.3. The van der Waals surface area contributed by atoms with Crippen LogP contribution >= 0.6 is 0 Å². The number of ether oxygens (including phenoxy) is 2. The van der Waals surface area contributed by atoms with E-state index in [2.05, 4.69) is 31.4 Å². The van der Waals surface area contributed by atoms with E-state index in [0.29, 0.717) is 12.8 Å². The molecular formula is C23H38O5. The predicted octanol–water partition coefficient (Wildman–Crippen LogP) is 3.79. The van der Waals surface area contributed by atoms with Crippen molar-refractivity contribution < 1.29 is 24.5 Å². The third-order valence-corrected chi connectivity index (χ3v) is 4.43. The summed E-state index contributed by atoms with van der Waals surface area (Å²) in [5.74, 6) is 6.20. The van der Waals surface area contributed by atoms with Crippen LogP contribution < -0.4 is 0 Å². The minimum atomic E-state index is -1.06. The molecule has 0 aliphatic heterocycles. The summed E-state index contributed by atoms with van der Waals surface area (Å²) in [6.07, 6.45) is 13.5. The third kappa shape index (κ3) is 15.4. The molecule has 28 heavy (non-hydrogen) atoms. The molecule has 0 saturated heterocycles. The molecule has 5 nitrogen and oxygen atoms in total. The van der Waals surface area contributed by atoms with Crippen LogP contribution in [0.4, 0.5) is 0 Å². The van der Waals surface area contributed by atoms with Gasteiger partial charge in [0.15, 0.2) is 6.10 Å². The molecular weight excluding hydrogens is 356 g/mol. The van der Waals surface area contributed by atoms with Gasteiger partial charge in [0.05, 0.1) is 6.61 Å². The number of carbonyl (C=O) groups excluding carboxylic acids is 1. The fraction of sp³-hybridized carbons (Fsp3) is 0.696. The van der Waals surface area contributed by atoms with Crippen molar-refractivity contribution in [2.45, 2.75) is 76.9 Å². The first-order chi connectivity index (χ1) is 13.5. The van der Waals surface area contributed by atoms with Gasteiger partial charge in [0, 0.05) is 13.5 Å². The van der Waals surface area contributed by atoms with E-state index in [4.69, 9.17) is 14.6 Å². The highest BCUT2D eigenvalue weighted by molar-refractivity contribution is 5.74. The van der Waals surface area contributed by atoms with Crippen LogP contribution in [0, 0.1) is 17.8 Å². The smallest absolute Gasteiger partial charge is 0.335 e. The molecule has 0 spiro atoms. The van der Waals surface area contributed by atoms with Crippen molar-refractivity contribution in [3.63, 3.8) is 0 Å². The van der Waals surface area contributed by atoms with Crippen LogP contribution in [0.1, 0.15) is 64.7 Å². The monoisotopic (exact) mass is 394 g/mol. The molecule has 0 aromatic heterocycles. The molecule has 0 fully saturated rings. The molecule has 0 aromatic rings. The van der Waals surface area contributed by atoms with Gasteiger partial charge < -0.3 is 19.7 Å². The first kappa shape index (κ1) is 26.4. The van der Waals surface area contributed by atoms with Crippen LogP contribution in [-0.2, 0) is 14.3 Å². The molecule has 0 amide bonds. The Kier molecular flexibility index (Phi) is 17.7. The van der Waals surface area contributed by atoms with Gasteiger partial charge in [-0.1, -0.05) is 50.2 Å². The standard InChI is InChI=1S/C23H38O5/c1-4-5-6-12-15-20(2)16-13-10-8-7-9-11-14-17-22(27-3)23(26)28-19-21(25)18-24/h4,7-8,20-22,24-25H,1,5-6,10,12-19H2,2-3H3/b8-7-. The highest BCUT2D eigenvalue weighted by Gasteiger charge is 2.19. The number of methoxy groups -OCH3 is 1. The van der Waals surface area contributed by atoms with E-state index >= 15 is 0 Å².